The molecule has 6 nitrogen and oxygen atoms in total. The van der Waals surface area contributed by atoms with Crippen LogP contribution in [0.2, 0.25) is 0 Å². The van der Waals surface area contributed by atoms with Crippen LogP contribution in [0.3, 0.4) is 0 Å². The normalized spacial score (nSPS) is 14.8. The van der Waals surface area contributed by atoms with Crippen molar-refractivity contribution in [3.05, 3.63) is 84.4 Å². The van der Waals surface area contributed by atoms with Gasteiger partial charge in [-0.05, 0) is 60.9 Å². The minimum Gasteiger partial charge on any atom is -0.497 e. The largest absolute Gasteiger partial charge is 0.497 e. The summed E-state index contributed by atoms with van der Waals surface area (Å²) in [6.45, 7) is 3.07. The fourth-order valence-corrected chi connectivity index (χ4v) is 4.68. The van der Waals surface area contributed by atoms with Gasteiger partial charge < -0.3 is 14.8 Å². The van der Waals surface area contributed by atoms with E-state index in [1.54, 1.807) is 14.2 Å². The van der Waals surface area contributed by atoms with E-state index in [0.29, 0.717) is 6.04 Å². The predicted molar refractivity (Wildman–Crippen MR) is 147 cm³/mol. The third kappa shape index (κ3) is 5.50. The maximum atomic E-state index is 5.52. The number of fused-ring (bicyclic) bond motifs is 1. The quantitative estimate of drug-likeness (QED) is 0.339. The summed E-state index contributed by atoms with van der Waals surface area (Å²) in [6.07, 6.45) is 6.58. The van der Waals surface area contributed by atoms with E-state index in [-0.39, 0.29) is 0 Å². The van der Waals surface area contributed by atoms with Crippen molar-refractivity contribution in [2.45, 2.75) is 18.9 Å². The molecule has 0 aliphatic carbocycles. The number of benzene rings is 3. The zero-order valence-corrected chi connectivity index (χ0v) is 20.9. The molecular weight excluding hydrogens is 448 g/mol. The van der Waals surface area contributed by atoms with E-state index in [9.17, 15) is 0 Å². The number of ether oxygens (including phenoxy) is 2. The first-order chi connectivity index (χ1) is 17.7. The van der Waals surface area contributed by atoms with Crippen LogP contribution in [0.1, 0.15) is 18.4 Å². The molecule has 4 aromatic rings. The summed E-state index contributed by atoms with van der Waals surface area (Å²) >= 11 is 0. The predicted octanol–water partition coefficient (Wildman–Crippen LogP) is 5.90. The number of aromatic nitrogens is 2. The monoisotopic (exact) mass is 480 g/mol. The van der Waals surface area contributed by atoms with Gasteiger partial charge in [0.1, 0.15) is 17.2 Å². The molecule has 3 aromatic carbocycles. The number of hydrogen-bond donors (Lipinski definition) is 1. The highest BCUT2D eigenvalue weighted by atomic mass is 16.5. The molecule has 0 radical (unpaired) electrons. The highest BCUT2D eigenvalue weighted by molar-refractivity contribution is 6.00. The summed E-state index contributed by atoms with van der Waals surface area (Å²) in [4.78, 5) is 2.50. The second-order valence-corrected chi connectivity index (χ2v) is 9.07. The number of likely N-dealkylation sites (tertiary alicyclic amines) is 1. The number of hydrogen-bond acceptors (Lipinski definition) is 6. The minimum atomic E-state index is 0.356. The van der Waals surface area contributed by atoms with E-state index in [1.807, 2.05) is 42.5 Å². The molecular formula is C30H32N4O2. The van der Waals surface area contributed by atoms with Crippen molar-refractivity contribution in [3.63, 3.8) is 0 Å². The summed E-state index contributed by atoms with van der Waals surface area (Å²) in [5.74, 6) is 2.43. The number of nitrogens with one attached hydrogen (secondary N) is 1. The Morgan fingerprint density at radius 1 is 0.861 bits per heavy atom. The fraction of sp³-hybridized carbons (Fsp3) is 0.267. The first kappa shape index (κ1) is 23.8. The van der Waals surface area contributed by atoms with E-state index < -0.39 is 0 Å². The van der Waals surface area contributed by atoms with E-state index >= 15 is 0 Å². The van der Waals surface area contributed by atoms with Crippen LogP contribution in [-0.2, 0) is 0 Å². The number of rotatable bonds is 8. The van der Waals surface area contributed by atoms with Gasteiger partial charge in [-0.2, -0.15) is 0 Å². The molecule has 0 spiro atoms. The third-order valence-corrected chi connectivity index (χ3v) is 6.75. The summed E-state index contributed by atoms with van der Waals surface area (Å²) in [7, 11) is 3.36. The second kappa shape index (κ2) is 11.2. The van der Waals surface area contributed by atoms with E-state index in [1.165, 1.54) is 5.56 Å². The summed E-state index contributed by atoms with van der Waals surface area (Å²) < 4.78 is 10.8. The van der Waals surface area contributed by atoms with Crippen LogP contribution in [0, 0.1) is 0 Å². The highest BCUT2D eigenvalue weighted by Crippen LogP contribution is 2.33. The average molecular weight is 481 g/mol. The number of piperidine rings is 1. The maximum Gasteiger partial charge on any atom is 0.156 e. The van der Waals surface area contributed by atoms with Gasteiger partial charge in [-0.25, -0.2) is 0 Å². The first-order valence-corrected chi connectivity index (χ1v) is 12.4. The molecule has 1 aliphatic rings. The maximum absolute atomic E-state index is 5.52. The van der Waals surface area contributed by atoms with Gasteiger partial charge in [0.15, 0.2) is 5.82 Å². The molecule has 0 bridgehead atoms. The van der Waals surface area contributed by atoms with Gasteiger partial charge in [0, 0.05) is 42.0 Å². The minimum absolute atomic E-state index is 0.356. The van der Waals surface area contributed by atoms with Crippen molar-refractivity contribution in [1.82, 2.24) is 15.1 Å². The molecule has 2 heterocycles. The van der Waals surface area contributed by atoms with Crippen LogP contribution in [0.25, 0.3) is 28.1 Å². The molecule has 6 heteroatoms. The number of methoxy groups -OCH3 is 2. The van der Waals surface area contributed by atoms with Gasteiger partial charge in [0.2, 0.25) is 0 Å². The van der Waals surface area contributed by atoms with Crippen molar-refractivity contribution in [3.8, 4) is 22.8 Å². The highest BCUT2D eigenvalue weighted by Gasteiger charge is 2.20. The second-order valence-electron chi connectivity index (χ2n) is 9.07. The topological polar surface area (TPSA) is 59.5 Å². The zero-order valence-electron chi connectivity index (χ0n) is 20.9. The summed E-state index contributed by atoms with van der Waals surface area (Å²) in [5, 5.41) is 15.0. The van der Waals surface area contributed by atoms with E-state index in [4.69, 9.17) is 9.47 Å². The SMILES string of the molecule is COc1ccc(-c2nnc(NC3CCN(C/C=C/c4ccccc4)CC3)c3cc(OC)ccc23)cc1. The summed E-state index contributed by atoms with van der Waals surface area (Å²) in [5.41, 5.74) is 3.09. The van der Waals surface area contributed by atoms with Crippen molar-refractivity contribution in [2.75, 3.05) is 39.2 Å². The Bertz CT molecular complexity index is 1310. The molecule has 0 amide bonds. The molecule has 1 N–H and O–H groups in total. The molecule has 5 rings (SSSR count). The lowest BCUT2D eigenvalue weighted by atomic mass is 10.0. The third-order valence-electron chi connectivity index (χ3n) is 6.75. The molecule has 1 aliphatic heterocycles. The number of anilines is 1. The Labute approximate surface area is 212 Å². The molecule has 184 valence electrons. The standard InChI is InChI=1S/C30H32N4O2/c1-35-25-12-10-23(11-13-25)29-27-15-14-26(36-2)21-28(27)30(33-32-29)31-24-16-19-34(20-17-24)18-6-9-22-7-4-3-5-8-22/h3-15,21,24H,16-20H2,1-2H3,(H,31,33)/b9-6+. The zero-order chi connectivity index (χ0) is 24.7. The Morgan fingerprint density at radius 3 is 2.31 bits per heavy atom. The lowest BCUT2D eigenvalue weighted by Gasteiger charge is -2.32. The lowest BCUT2D eigenvalue weighted by molar-refractivity contribution is 0.240. The van der Waals surface area contributed by atoms with Crippen molar-refractivity contribution in [1.29, 1.82) is 0 Å². The smallest absolute Gasteiger partial charge is 0.156 e. The Kier molecular flexibility index (Phi) is 7.43. The van der Waals surface area contributed by atoms with Gasteiger partial charge in [0.25, 0.3) is 0 Å². The summed E-state index contributed by atoms with van der Waals surface area (Å²) in [6, 6.07) is 24.8. The molecule has 0 atom stereocenters. The molecule has 1 saturated heterocycles. The fourth-order valence-electron chi connectivity index (χ4n) is 4.68. The molecule has 36 heavy (non-hydrogen) atoms. The van der Waals surface area contributed by atoms with Gasteiger partial charge in [-0.3, -0.25) is 4.90 Å². The van der Waals surface area contributed by atoms with Crippen molar-refractivity contribution in [2.24, 2.45) is 0 Å². The first-order valence-electron chi connectivity index (χ1n) is 12.4. The van der Waals surface area contributed by atoms with Gasteiger partial charge in [0.05, 0.1) is 14.2 Å². The molecule has 0 saturated carbocycles. The Morgan fingerprint density at radius 2 is 1.58 bits per heavy atom. The van der Waals surface area contributed by atoms with Crippen LogP contribution in [0.5, 0.6) is 11.5 Å². The van der Waals surface area contributed by atoms with Crippen molar-refractivity contribution < 1.29 is 9.47 Å². The molecule has 1 aromatic heterocycles. The molecule has 1 fully saturated rings. The van der Waals surface area contributed by atoms with Gasteiger partial charge in [-0.15, -0.1) is 10.2 Å². The van der Waals surface area contributed by atoms with E-state index in [2.05, 4.69) is 62.9 Å². The molecule has 0 unspecified atom stereocenters. The van der Waals surface area contributed by atoms with Crippen LogP contribution in [0.4, 0.5) is 5.82 Å². The lowest BCUT2D eigenvalue weighted by Crippen LogP contribution is -2.39. The van der Waals surface area contributed by atoms with Gasteiger partial charge >= 0.3 is 0 Å². The van der Waals surface area contributed by atoms with Crippen LogP contribution in [0.15, 0.2) is 78.9 Å². The van der Waals surface area contributed by atoms with Crippen LogP contribution < -0.4 is 14.8 Å². The van der Waals surface area contributed by atoms with Crippen molar-refractivity contribution >= 4 is 22.7 Å². The Hall–Kier alpha value is -3.90. The van der Waals surface area contributed by atoms with Gasteiger partial charge in [-0.1, -0.05) is 42.5 Å². The van der Waals surface area contributed by atoms with Crippen LogP contribution in [-0.4, -0.2) is 55.0 Å². The average Bonchev–Trinajstić information content (AvgIpc) is 2.94. The van der Waals surface area contributed by atoms with E-state index in [0.717, 1.165) is 71.8 Å². The Balaban J connectivity index is 1.29. The van der Waals surface area contributed by atoms with Crippen LogP contribution >= 0.6 is 0 Å². The number of nitrogens with zero attached hydrogens (tertiary/aromatic N) is 3.